The van der Waals surface area contributed by atoms with E-state index in [2.05, 4.69) is 5.10 Å². The van der Waals surface area contributed by atoms with Gasteiger partial charge in [0.2, 0.25) is 5.82 Å². The van der Waals surface area contributed by atoms with Crippen LogP contribution in [0.15, 0.2) is 6.20 Å². The average Bonchev–Trinajstić information content (AvgIpc) is 2.86. The number of rotatable bonds is 4. The van der Waals surface area contributed by atoms with Crippen LogP contribution in [0.2, 0.25) is 0 Å². The van der Waals surface area contributed by atoms with Crippen LogP contribution >= 0.6 is 0 Å². The van der Waals surface area contributed by atoms with E-state index in [4.69, 9.17) is 0 Å². The Balaban J connectivity index is 2.03. The summed E-state index contributed by atoms with van der Waals surface area (Å²) in [5.74, 6) is 0.772. The van der Waals surface area contributed by atoms with E-state index in [0.29, 0.717) is 25.5 Å². The van der Waals surface area contributed by atoms with Crippen molar-refractivity contribution in [2.45, 2.75) is 39.2 Å². The van der Waals surface area contributed by atoms with Gasteiger partial charge in [0.05, 0.1) is 4.92 Å². The number of carboxylic acid groups (broad SMARTS) is 1. The van der Waals surface area contributed by atoms with Gasteiger partial charge < -0.3 is 14.9 Å². The van der Waals surface area contributed by atoms with Crippen molar-refractivity contribution in [2.24, 2.45) is 13.0 Å². The third-order valence-electron chi connectivity index (χ3n) is 4.48. The van der Waals surface area contributed by atoms with Crippen molar-refractivity contribution >= 4 is 17.6 Å². The second kappa shape index (κ2) is 6.66. The van der Waals surface area contributed by atoms with Crippen molar-refractivity contribution in [3.8, 4) is 0 Å². The molecule has 0 spiro atoms. The smallest absolute Gasteiger partial charge is 0.407 e. The Morgan fingerprint density at radius 1 is 1.46 bits per heavy atom. The van der Waals surface area contributed by atoms with Crippen LogP contribution in [-0.4, -0.2) is 56.0 Å². The molecular formula is C15H25N5O4. The zero-order valence-corrected chi connectivity index (χ0v) is 14.6. The highest BCUT2D eigenvalue weighted by Gasteiger charge is 2.32. The van der Waals surface area contributed by atoms with E-state index >= 15 is 0 Å². The molecule has 1 N–H and O–H groups in total. The van der Waals surface area contributed by atoms with Crippen LogP contribution in [0, 0.1) is 16.0 Å². The van der Waals surface area contributed by atoms with Gasteiger partial charge in [0.1, 0.15) is 6.20 Å². The summed E-state index contributed by atoms with van der Waals surface area (Å²) in [5, 5.41) is 24.5. The van der Waals surface area contributed by atoms with Gasteiger partial charge in [0.25, 0.3) is 0 Å². The number of anilines is 1. The molecule has 2 heterocycles. The van der Waals surface area contributed by atoms with Crippen LogP contribution in [0.4, 0.5) is 16.3 Å². The summed E-state index contributed by atoms with van der Waals surface area (Å²) in [7, 11) is 1.69. The van der Waals surface area contributed by atoms with Crippen LogP contribution < -0.4 is 4.90 Å². The van der Waals surface area contributed by atoms with Gasteiger partial charge >= 0.3 is 11.8 Å². The standard InChI is InChI=1S/C15H25N5O4/c1-15(2,3)19(14(21)22)10-11-5-7-18(8-6-11)13-12(20(23)24)9-16-17(13)4/h9,11H,5-8,10H2,1-4H3,(H,21,22). The van der Waals surface area contributed by atoms with Gasteiger partial charge in [-0.25, -0.2) is 9.48 Å². The molecule has 1 aromatic rings. The lowest BCUT2D eigenvalue weighted by atomic mass is 9.94. The predicted octanol–water partition coefficient (Wildman–Crippen LogP) is 2.32. The summed E-state index contributed by atoms with van der Waals surface area (Å²) in [6.07, 6.45) is 1.95. The molecule has 24 heavy (non-hydrogen) atoms. The molecule has 0 saturated carbocycles. The van der Waals surface area contributed by atoms with E-state index < -0.39 is 16.6 Å². The summed E-state index contributed by atoms with van der Waals surface area (Å²) >= 11 is 0. The van der Waals surface area contributed by atoms with E-state index in [0.717, 1.165) is 12.8 Å². The van der Waals surface area contributed by atoms with Crippen molar-refractivity contribution < 1.29 is 14.8 Å². The Hall–Kier alpha value is -2.32. The summed E-state index contributed by atoms with van der Waals surface area (Å²) in [6.45, 7) is 7.45. The second-order valence-corrected chi connectivity index (χ2v) is 7.23. The lowest BCUT2D eigenvalue weighted by molar-refractivity contribution is -0.384. The molecule has 1 saturated heterocycles. The highest BCUT2D eigenvalue weighted by Crippen LogP contribution is 2.31. The summed E-state index contributed by atoms with van der Waals surface area (Å²) in [5.41, 5.74) is -0.429. The van der Waals surface area contributed by atoms with Crippen LogP contribution in [0.3, 0.4) is 0 Å². The molecular weight excluding hydrogens is 314 g/mol. The molecule has 1 aliphatic rings. The molecule has 2 rings (SSSR count). The normalized spacial score (nSPS) is 16.2. The highest BCUT2D eigenvalue weighted by atomic mass is 16.6. The van der Waals surface area contributed by atoms with Gasteiger partial charge in [-0.3, -0.25) is 10.1 Å². The Bertz CT molecular complexity index is 614. The van der Waals surface area contributed by atoms with Gasteiger partial charge in [0.15, 0.2) is 0 Å². The summed E-state index contributed by atoms with van der Waals surface area (Å²) in [4.78, 5) is 25.6. The Kier molecular flexibility index (Phi) is 5.00. The first kappa shape index (κ1) is 18.0. The largest absolute Gasteiger partial charge is 0.465 e. The topological polar surface area (TPSA) is 105 Å². The first-order valence-electron chi connectivity index (χ1n) is 8.03. The van der Waals surface area contributed by atoms with E-state index in [9.17, 15) is 20.0 Å². The minimum absolute atomic E-state index is 0.0119. The fraction of sp³-hybridized carbons (Fsp3) is 0.733. The maximum Gasteiger partial charge on any atom is 0.407 e. The number of nitrogens with zero attached hydrogens (tertiary/aromatic N) is 5. The number of aryl methyl sites for hydroxylation is 1. The number of hydrogen-bond donors (Lipinski definition) is 1. The van der Waals surface area contributed by atoms with Crippen molar-refractivity contribution in [3.05, 3.63) is 16.3 Å². The minimum Gasteiger partial charge on any atom is -0.465 e. The highest BCUT2D eigenvalue weighted by molar-refractivity contribution is 5.66. The molecule has 1 amide bonds. The maximum atomic E-state index is 11.5. The minimum atomic E-state index is -0.910. The predicted molar refractivity (Wildman–Crippen MR) is 89.3 cm³/mol. The molecule has 134 valence electrons. The molecule has 0 radical (unpaired) electrons. The van der Waals surface area contributed by atoms with E-state index in [-0.39, 0.29) is 11.6 Å². The third kappa shape index (κ3) is 3.77. The molecule has 9 heteroatoms. The first-order chi connectivity index (χ1) is 11.1. The summed E-state index contributed by atoms with van der Waals surface area (Å²) in [6, 6.07) is 0. The van der Waals surface area contributed by atoms with Crippen LogP contribution in [-0.2, 0) is 7.05 Å². The van der Waals surface area contributed by atoms with E-state index in [1.165, 1.54) is 15.8 Å². The Morgan fingerprint density at radius 2 is 2.04 bits per heavy atom. The monoisotopic (exact) mass is 339 g/mol. The molecule has 1 aromatic heterocycles. The zero-order chi connectivity index (χ0) is 18.1. The molecule has 0 aromatic carbocycles. The van der Waals surface area contributed by atoms with E-state index in [1.54, 1.807) is 7.05 Å². The summed E-state index contributed by atoms with van der Waals surface area (Å²) < 4.78 is 1.52. The first-order valence-corrected chi connectivity index (χ1v) is 8.03. The van der Waals surface area contributed by atoms with Crippen molar-refractivity contribution in [1.82, 2.24) is 14.7 Å². The second-order valence-electron chi connectivity index (χ2n) is 7.23. The zero-order valence-electron chi connectivity index (χ0n) is 14.6. The fourth-order valence-electron chi connectivity index (χ4n) is 3.14. The fourth-order valence-corrected chi connectivity index (χ4v) is 3.14. The lowest BCUT2D eigenvalue weighted by Crippen LogP contribution is -2.49. The van der Waals surface area contributed by atoms with Crippen molar-refractivity contribution in [2.75, 3.05) is 24.5 Å². The van der Waals surface area contributed by atoms with Crippen LogP contribution in [0.25, 0.3) is 0 Å². The van der Waals surface area contributed by atoms with Gasteiger partial charge in [-0.1, -0.05) is 0 Å². The SMILES string of the molecule is Cn1ncc([N+](=O)[O-])c1N1CCC(CN(C(=O)O)C(C)(C)C)CC1. The molecule has 9 nitrogen and oxygen atoms in total. The number of nitro groups is 1. The molecule has 0 atom stereocenters. The molecule has 0 unspecified atom stereocenters. The third-order valence-corrected chi connectivity index (χ3v) is 4.48. The Labute approximate surface area is 141 Å². The number of amides is 1. The van der Waals surface area contributed by atoms with Gasteiger partial charge in [0, 0.05) is 32.2 Å². The van der Waals surface area contributed by atoms with Gasteiger partial charge in [-0.15, -0.1) is 0 Å². The Morgan fingerprint density at radius 3 is 2.50 bits per heavy atom. The molecule has 0 aliphatic carbocycles. The number of hydrogen-bond acceptors (Lipinski definition) is 5. The number of piperidine rings is 1. The maximum absolute atomic E-state index is 11.5. The van der Waals surface area contributed by atoms with Crippen LogP contribution in [0.5, 0.6) is 0 Å². The molecule has 1 aliphatic heterocycles. The van der Waals surface area contributed by atoms with Gasteiger partial charge in [-0.2, -0.15) is 5.10 Å². The van der Waals surface area contributed by atoms with Crippen molar-refractivity contribution in [1.29, 1.82) is 0 Å². The molecule has 0 bridgehead atoms. The molecule has 1 fully saturated rings. The average molecular weight is 339 g/mol. The van der Waals surface area contributed by atoms with Gasteiger partial charge in [-0.05, 0) is 39.5 Å². The van der Waals surface area contributed by atoms with Crippen molar-refractivity contribution in [3.63, 3.8) is 0 Å². The quantitative estimate of drug-likeness (QED) is 0.667. The lowest BCUT2D eigenvalue weighted by Gasteiger charge is -2.39. The van der Waals surface area contributed by atoms with Crippen LogP contribution in [0.1, 0.15) is 33.6 Å². The number of carbonyl (C=O) groups is 1. The van der Waals surface area contributed by atoms with E-state index in [1.807, 2.05) is 25.7 Å². The number of aromatic nitrogens is 2.